The van der Waals surface area contributed by atoms with Crippen LogP contribution in [-0.2, 0) is 14.0 Å². The van der Waals surface area contributed by atoms with E-state index < -0.39 is 20.0 Å². The van der Waals surface area contributed by atoms with Crippen molar-refractivity contribution in [3.8, 4) is 0 Å². The summed E-state index contributed by atoms with van der Waals surface area (Å²) in [5.74, 6) is -0.362. The van der Waals surface area contributed by atoms with Crippen LogP contribution in [0.2, 0.25) is 18.1 Å². The Balaban J connectivity index is 2.46. The van der Waals surface area contributed by atoms with Gasteiger partial charge in [0.15, 0.2) is 8.32 Å². The van der Waals surface area contributed by atoms with Crippen molar-refractivity contribution in [1.82, 2.24) is 0 Å². The smallest absolute Gasteiger partial charge is 0.343 e. The van der Waals surface area contributed by atoms with E-state index in [1.54, 1.807) is 0 Å². The number of halogens is 1. The topological polar surface area (TPSA) is 35.5 Å². The average molecular weight is 304 g/mol. The third-order valence-electron chi connectivity index (χ3n) is 4.93. The minimum atomic E-state index is -1.78. The van der Waals surface area contributed by atoms with E-state index in [2.05, 4.69) is 38.6 Å². The molecule has 5 heteroatoms. The lowest BCUT2D eigenvalue weighted by atomic mass is 9.80. The van der Waals surface area contributed by atoms with Crippen LogP contribution in [0.4, 0.5) is 4.39 Å². The second-order valence-corrected chi connectivity index (χ2v) is 12.3. The van der Waals surface area contributed by atoms with Gasteiger partial charge in [-0.05, 0) is 49.7 Å². The summed E-state index contributed by atoms with van der Waals surface area (Å²) in [4.78, 5) is 11.4. The molecular weight excluding hydrogens is 275 g/mol. The molecule has 0 radical (unpaired) electrons. The minimum absolute atomic E-state index is 0.192. The molecule has 1 fully saturated rings. The number of hydrogen-bond donors (Lipinski definition) is 0. The van der Waals surface area contributed by atoms with Gasteiger partial charge in [-0.1, -0.05) is 20.8 Å². The van der Waals surface area contributed by atoms with Gasteiger partial charge in [-0.25, -0.2) is 9.18 Å². The summed E-state index contributed by atoms with van der Waals surface area (Å²) >= 11 is 0. The number of methoxy groups -OCH3 is 1. The van der Waals surface area contributed by atoms with Crippen LogP contribution in [0.25, 0.3) is 0 Å². The summed E-state index contributed by atoms with van der Waals surface area (Å²) in [6.45, 7) is 11.8. The van der Waals surface area contributed by atoms with Crippen LogP contribution in [0, 0.1) is 5.92 Å². The third kappa shape index (κ3) is 4.04. The molecule has 0 saturated heterocycles. The Bertz CT molecular complexity index is 342. The molecule has 0 N–H and O–H groups in total. The molecule has 1 saturated carbocycles. The Morgan fingerprint density at radius 1 is 1.30 bits per heavy atom. The third-order valence-corrected chi connectivity index (χ3v) is 9.44. The second-order valence-electron chi connectivity index (χ2n) is 7.47. The standard InChI is InChI=1S/C15H29FO3Si/c1-14(2,3)20(5,6)19-11-12-7-9-15(16,10-8-12)13(17)18-4/h12H,7-11H2,1-6H3. The van der Waals surface area contributed by atoms with E-state index >= 15 is 0 Å². The monoisotopic (exact) mass is 304 g/mol. The first-order chi connectivity index (χ1) is 9.02. The lowest BCUT2D eigenvalue weighted by Crippen LogP contribution is -2.44. The molecule has 0 aliphatic heterocycles. The summed E-state index contributed by atoms with van der Waals surface area (Å²) in [7, 11) is -0.492. The van der Waals surface area contributed by atoms with Crippen molar-refractivity contribution < 1.29 is 18.3 Å². The SMILES string of the molecule is COC(=O)C1(F)CCC(CO[Si](C)(C)C(C)(C)C)CC1. The van der Waals surface area contributed by atoms with Crippen molar-refractivity contribution in [1.29, 1.82) is 0 Å². The molecule has 0 heterocycles. The second kappa shape index (κ2) is 6.14. The number of alkyl halides is 1. The normalized spacial score (nSPS) is 28.2. The van der Waals surface area contributed by atoms with Gasteiger partial charge in [0, 0.05) is 6.61 Å². The molecule has 3 nitrogen and oxygen atoms in total. The fourth-order valence-electron chi connectivity index (χ4n) is 2.23. The van der Waals surface area contributed by atoms with E-state index in [1.165, 1.54) is 7.11 Å². The molecule has 0 amide bonds. The zero-order valence-electron chi connectivity index (χ0n) is 13.7. The van der Waals surface area contributed by atoms with Crippen molar-refractivity contribution in [2.75, 3.05) is 13.7 Å². The van der Waals surface area contributed by atoms with Gasteiger partial charge in [0.25, 0.3) is 0 Å². The number of carbonyl (C=O) groups is 1. The number of ether oxygens (including phenoxy) is 1. The summed E-state index contributed by atoms with van der Waals surface area (Å²) < 4.78 is 25.0. The van der Waals surface area contributed by atoms with Crippen LogP contribution in [0.1, 0.15) is 46.5 Å². The maximum Gasteiger partial charge on any atom is 0.343 e. The van der Waals surface area contributed by atoms with Crippen molar-refractivity contribution >= 4 is 14.3 Å². The maximum atomic E-state index is 14.3. The Labute approximate surface area is 123 Å². The van der Waals surface area contributed by atoms with E-state index in [0.29, 0.717) is 25.4 Å². The highest BCUT2D eigenvalue weighted by atomic mass is 28.4. The lowest BCUT2D eigenvalue weighted by Gasteiger charge is -2.38. The Morgan fingerprint density at radius 2 is 1.80 bits per heavy atom. The maximum absolute atomic E-state index is 14.3. The van der Waals surface area contributed by atoms with Gasteiger partial charge in [-0.2, -0.15) is 0 Å². The number of carbonyl (C=O) groups excluding carboxylic acids is 1. The fraction of sp³-hybridized carbons (Fsp3) is 0.933. The summed E-state index contributed by atoms with van der Waals surface area (Å²) in [6, 6.07) is 0. The minimum Gasteiger partial charge on any atom is -0.467 e. The van der Waals surface area contributed by atoms with Gasteiger partial charge < -0.3 is 9.16 Å². The summed E-state index contributed by atoms with van der Waals surface area (Å²) in [5, 5.41) is 0.192. The van der Waals surface area contributed by atoms with Crippen molar-refractivity contribution in [3.05, 3.63) is 0 Å². The zero-order valence-corrected chi connectivity index (χ0v) is 14.7. The number of hydrogen-bond acceptors (Lipinski definition) is 3. The first kappa shape index (κ1) is 17.6. The van der Waals surface area contributed by atoms with Crippen LogP contribution in [0.3, 0.4) is 0 Å². The van der Waals surface area contributed by atoms with Crippen LogP contribution >= 0.6 is 0 Å². The quantitative estimate of drug-likeness (QED) is 0.580. The van der Waals surface area contributed by atoms with Crippen molar-refractivity contribution in [3.63, 3.8) is 0 Å². The molecule has 0 spiro atoms. The highest BCUT2D eigenvalue weighted by Crippen LogP contribution is 2.39. The van der Waals surface area contributed by atoms with Gasteiger partial charge in [0.05, 0.1) is 7.11 Å². The predicted octanol–water partition coefficient (Wildman–Crippen LogP) is 4.08. The zero-order chi connectivity index (χ0) is 15.6. The molecular formula is C15H29FO3Si. The lowest BCUT2D eigenvalue weighted by molar-refractivity contribution is -0.157. The number of esters is 1. The van der Waals surface area contributed by atoms with E-state index in [9.17, 15) is 9.18 Å². The molecule has 0 aromatic rings. The summed E-state index contributed by atoms with van der Waals surface area (Å²) in [6.07, 6.45) is 1.90. The first-order valence-electron chi connectivity index (χ1n) is 7.43. The molecule has 1 rings (SSSR count). The van der Waals surface area contributed by atoms with Crippen molar-refractivity contribution in [2.24, 2.45) is 5.92 Å². The summed E-state index contributed by atoms with van der Waals surface area (Å²) in [5.41, 5.74) is -1.78. The average Bonchev–Trinajstić information content (AvgIpc) is 2.36. The van der Waals surface area contributed by atoms with Gasteiger partial charge in [0.2, 0.25) is 5.67 Å². The van der Waals surface area contributed by atoms with Crippen LogP contribution in [0.5, 0.6) is 0 Å². The molecule has 0 atom stereocenters. The van der Waals surface area contributed by atoms with Crippen LogP contribution in [-0.4, -0.2) is 33.7 Å². The van der Waals surface area contributed by atoms with Gasteiger partial charge in [0.1, 0.15) is 0 Å². The molecule has 20 heavy (non-hydrogen) atoms. The number of rotatable bonds is 4. The predicted molar refractivity (Wildman–Crippen MR) is 81.0 cm³/mol. The van der Waals surface area contributed by atoms with Crippen LogP contribution in [0.15, 0.2) is 0 Å². The molecule has 118 valence electrons. The Hall–Kier alpha value is -0.423. The fourth-order valence-corrected chi connectivity index (χ4v) is 3.32. The van der Waals surface area contributed by atoms with E-state index in [-0.39, 0.29) is 17.9 Å². The van der Waals surface area contributed by atoms with Gasteiger partial charge in [-0.15, -0.1) is 0 Å². The Kier molecular flexibility index (Phi) is 5.41. The van der Waals surface area contributed by atoms with E-state index in [1.807, 2.05) is 0 Å². The van der Waals surface area contributed by atoms with Gasteiger partial charge in [-0.3, -0.25) is 0 Å². The molecule has 1 aliphatic carbocycles. The highest BCUT2D eigenvalue weighted by molar-refractivity contribution is 6.74. The Morgan fingerprint density at radius 3 is 2.20 bits per heavy atom. The van der Waals surface area contributed by atoms with Crippen LogP contribution < -0.4 is 0 Å². The molecule has 0 aromatic carbocycles. The van der Waals surface area contributed by atoms with E-state index in [0.717, 1.165) is 0 Å². The molecule has 0 unspecified atom stereocenters. The molecule has 1 aliphatic rings. The van der Waals surface area contributed by atoms with Crippen molar-refractivity contribution in [2.45, 2.75) is 70.3 Å². The molecule has 0 bridgehead atoms. The highest BCUT2D eigenvalue weighted by Gasteiger charge is 2.44. The van der Waals surface area contributed by atoms with Gasteiger partial charge >= 0.3 is 5.97 Å². The largest absolute Gasteiger partial charge is 0.467 e. The van der Waals surface area contributed by atoms with E-state index in [4.69, 9.17) is 4.43 Å². The molecule has 0 aromatic heterocycles. The first-order valence-corrected chi connectivity index (χ1v) is 10.3.